The normalized spacial score (nSPS) is 30.8. The Labute approximate surface area is 126 Å². The van der Waals surface area contributed by atoms with Crippen LogP contribution in [0.3, 0.4) is 0 Å². The molecule has 0 aromatic rings. The lowest BCUT2D eigenvalue weighted by Gasteiger charge is -2.33. The number of amides is 1. The molecule has 0 aromatic heterocycles. The van der Waals surface area contributed by atoms with Gasteiger partial charge in [0.2, 0.25) is 5.91 Å². The quantitative estimate of drug-likeness (QED) is 0.715. The summed E-state index contributed by atoms with van der Waals surface area (Å²) in [7, 11) is 0. The minimum Gasteiger partial charge on any atom is -0.403 e. The van der Waals surface area contributed by atoms with Crippen LogP contribution in [0.5, 0.6) is 0 Å². The van der Waals surface area contributed by atoms with Crippen molar-refractivity contribution in [2.45, 2.75) is 57.1 Å². The van der Waals surface area contributed by atoms with Crippen molar-refractivity contribution in [1.82, 2.24) is 10.3 Å². The van der Waals surface area contributed by atoms with E-state index in [9.17, 15) is 4.79 Å². The number of ether oxygens (including phenoxy) is 1. The molecule has 2 rings (SSSR count). The number of nitrogens with zero attached hydrogens (tertiary/aromatic N) is 2. The van der Waals surface area contributed by atoms with E-state index in [2.05, 4.69) is 17.1 Å². The summed E-state index contributed by atoms with van der Waals surface area (Å²) in [6.45, 7) is 4.71. The van der Waals surface area contributed by atoms with Crippen molar-refractivity contribution in [3.05, 3.63) is 11.9 Å². The van der Waals surface area contributed by atoms with Crippen molar-refractivity contribution in [1.29, 1.82) is 0 Å². The van der Waals surface area contributed by atoms with Crippen LogP contribution >= 0.6 is 0 Å². The maximum atomic E-state index is 12.0. The maximum absolute atomic E-state index is 12.0. The lowest BCUT2D eigenvalue weighted by atomic mass is 9.92. The largest absolute Gasteiger partial charge is 0.403 e. The Morgan fingerprint density at radius 2 is 2.14 bits per heavy atom. The van der Waals surface area contributed by atoms with Gasteiger partial charge in [0, 0.05) is 25.9 Å². The average molecular weight is 294 g/mol. The molecular weight excluding hydrogens is 268 g/mol. The molecule has 118 valence electrons. The summed E-state index contributed by atoms with van der Waals surface area (Å²) in [6.07, 6.45) is 8.11. The Morgan fingerprint density at radius 1 is 1.33 bits per heavy atom. The molecule has 1 aliphatic heterocycles. The molecular formula is C15H26N4O2. The number of fused-ring (bicyclic) bond motifs is 1. The lowest BCUT2D eigenvalue weighted by molar-refractivity contribution is -0.123. The molecule has 6 heteroatoms. The van der Waals surface area contributed by atoms with Crippen molar-refractivity contribution in [2.75, 3.05) is 13.2 Å². The summed E-state index contributed by atoms with van der Waals surface area (Å²) in [5, 5.41) is 8.91. The highest BCUT2D eigenvalue weighted by atomic mass is 16.5. The molecule has 0 bridgehead atoms. The Morgan fingerprint density at radius 3 is 2.90 bits per heavy atom. The molecule has 2 fully saturated rings. The fraction of sp³-hybridized carbons (Fsp3) is 0.733. The van der Waals surface area contributed by atoms with Crippen molar-refractivity contribution < 1.29 is 9.53 Å². The number of hydrogen-bond donors (Lipinski definition) is 2. The Balaban J connectivity index is 2.07. The highest BCUT2D eigenvalue weighted by Gasteiger charge is 2.28. The highest BCUT2D eigenvalue weighted by molar-refractivity contribution is 5.76. The van der Waals surface area contributed by atoms with E-state index in [1.165, 1.54) is 6.20 Å². The number of hydrogen-bond acceptors (Lipinski definition) is 5. The van der Waals surface area contributed by atoms with Crippen LogP contribution in [0.15, 0.2) is 17.0 Å². The van der Waals surface area contributed by atoms with E-state index in [4.69, 9.17) is 10.5 Å². The van der Waals surface area contributed by atoms with Crippen molar-refractivity contribution in [3.63, 3.8) is 0 Å². The van der Waals surface area contributed by atoms with E-state index in [-0.39, 0.29) is 18.1 Å². The van der Waals surface area contributed by atoms with Gasteiger partial charge in [0.05, 0.1) is 24.4 Å². The Kier molecular flexibility index (Phi) is 6.04. The zero-order valence-corrected chi connectivity index (χ0v) is 12.6. The van der Waals surface area contributed by atoms with Crippen molar-refractivity contribution >= 4 is 12.6 Å². The molecule has 1 amide bonds. The van der Waals surface area contributed by atoms with Gasteiger partial charge in [-0.3, -0.25) is 9.80 Å². The molecule has 0 radical (unpaired) electrons. The average Bonchev–Trinajstić information content (AvgIpc) is 2.49. The van der Waals surface area contributed by atoms with E-state index in [0.29, 0.717) is 19.6 Å². The summed E-state index contributed by atoms with van der Waals surface area (Å²) in [5.41, 5.74) is 6.53. The van der Waals surface area contributed by atoms with Crippen molar-refractivity contribution in [3.8, 4) is 0 Å². The van der Waals surface area contributed by atoms with Crippen LogP contribution in [0, 0.1) is 0 Å². The standard InChI is InChI=1S/C15H26N4O2/c1-17-19-9-5-4-8-15(20)18-13-6-2-3-7-14(13)21-11-12(19)10-16/h10,13-14H,1-9,11,16H2,(H,18,20)/b12-10-/t13-,14+/m0/s1. The van der Waals surface area contributed by atoms with Crippen LogP contribution in [0.25, 0.3) is 0 Å². The van der Waals surface area contributed by atoms with Gasteiger partial charge in [0.1, 0.15) is 0 Å². The first kappa shape index (κ1) is 15.8. The first-order valence-corrected chi connectivity index (χ1v) is 7.80. The van der Waals surface area contributed by atoms with Gasteiger partial charge < -0.3 is 15.8 Å². The summed E-state index contributed by atoms with van der Waals surface area (Å²) in [4.78, 5) is 12.0. The molecule has 1 heterocycles. The first-order valence-electron chi connectivity index (χ1n) is 7.80. The van der Waals surface area contributed by atoms with E-state index in [1.807, 2.05) is 0 Å². The molecule has 1 saturated heterocycles. The summed E-state index contributed by atoms with van der Waals surface area (Å²) >= 11 is 0. The third-order valence-electron chi connectivity index (χ3n) is 4.21. The number of nitrogens with one attached hydrogen (secondary N) is 1. The fourth-order valence-corrected chi connectivity index (χ4v) is 2.99. The van der Waals surface area contributed by atoms with E-state index in [0.717, 1.165) is 44.2 Å². The van der Waals surface area contributed by atoms with Gasteiger partial charge in [-0.05, 0) is 25.7 Å². The second-order valence-electron chi connectivity index (χ2n) is 5.69. The zero-order valence-electron chi connectivity index (χ0n) is 12.6. The van der Waals surface area contributed by atoms with E-state index < -0.39 is 0 Å². The number of rotatable bonds is 1. The Bertz CT molecular complexity index is 397. The van der Waals surface area contributed by atoms with E-state index >= 15 is 0 Å². The minimum atomic E-state index is 0.0590. The van der Waals surface area contributed by atoms with Crippen LogP contribution in [0.4, 0.5) is 0 Å². The smallest absolute Gasteiger partial charge is 0.220 e. The molecule has 21 heavy (non-hydrogen) atoms. The highest BCUT2D eigenvalue weighted by Crippen LogP contribution is 2.23. The molecule has 6 nitrogen and oxygen atoms in total. The molecule has 1 aliphatic carbocycles. The van der Waals surface area contributed by atoms with Crippen LogP contribution in [-0.2, 0) is 9.53 Å². The molecule has 3 N–H and O–H groups in total. The minimum absolute atomic E-state index is 0.0590. The second-order valence-corrected chi connectivity index (χ2v) is 5.69. The van der Waals surface area contributed by atoms with Gasteiger partial charge in [-0.15, -0.1) is 0 Å². The van der Waals surface area contributed by atoms with Gasteiger partial charge in [-0.2, -0.15) is 5.10 Å². The zero-order chi connectivity index (χ0) is 15.1. The third-order valence-corrected chi connectivity index (χ3v) is 4.21. The molecule has 1 saturated carbocycles. The predicted octanol–water partition coefficient (Wildman–Crippen LogP) is 1.33. The second kappa shape index (κ2) is 8.02. The number of nitrogens with two attached hydrogens (primary N) is 1. The predicted molar refractivity (Wildman–Crippen MR) is 82.5 cm³/mol. The van der Waals surface area contributed by atoms with Gasteiger partial charge in [0.25, 0.3) is 0 Å². The Hall–Kier alpha value is -1.56. The number of hydrazone groups is 1. The monoisotopic (exact) mass is 294 g/mol. The van der Waals surface area contributed by atoms with E-state index in [1.54, 1.807) is 5.01 Å². The first-order chi connectivity index (χ1) is 10.2. The summed E-state index contributed by atoms with van der Waals surface area (Å²) in [5.74, 6) is 0.128. The topological polar surface area (TPSA) is 80.0 Å². The third kappa shape index (κ3) is 4.46. The van der Waals surface area contributed by atoms with Crippen LogP contribution < -0.4 is 11.1 Å². The molecule has 0 aromatic carbocycles. The van der Waals surface area contributed by atoms with Gasteiger partial charge >= 0.3 is 0 Å². The van der Waals surface area contributed by atoms with Crippen LogP contribution in [0.1, 0.15) is 44.9 Å². The maximum Gasteiger partial charge on any atom is 0.220 e. The fourth-order valence-electron chi connectivity index (χ4n) is 2.99. The summed E-state index contributed by atoms with van der Waals surface area (Å²) in [6, 6.07) is 0.120. The van der Waals surface area contributed by atoms with Gasteiger partial charge in [0.15, 0.2) is 0 Å². The lowest BCUT2D eigenvalue weighted by Crippen LogP contribution is -2.47. The molecule has 2 atom stereocenters. The van der Waals surface area contributed by atoms with Crippen molar-refractivity contribution in [2.24, 2.45) is 10.8 Å². The number of carbonyl (C=O) groups is 1. The summed E-state index contributed by atoms with van der Waals surface area (Å²) < 4.78 is 6.01. The molecule has 2 aliphatic rings. The van der Waals surface area contributed by atoms with Crippen LogP contribution in [0.2, 0.25) is 0 Å². The van der Waals surface area contributed by atoms with Gasteiger partial charge in [-0.1, -0.05) is 12.8 Å². The van der Waals surface area contributed by atoms with Crippen LogP contribution in [-0.4, -0.2) is 42.9 Å². The molecule has 0 spiro atoms. The van der Waals surface area contributed by atoms with Gasteiger partial charge in [-0.25, -0.2) is 0 Å². The SMILES string of the molecule is C=NN1CCCCC(=O)N[C@H]2CCCC[C@H]2OC/C1=C/N. The molecule has 0 unspecified atom stereocenters. The number of carbonyl (C=O) groups excluding carboxylic acids is 1.